The molecule has 3 amide bonds. The van der Waals surface area contributed by atoms with Gasteiger partial charge in [0.15, 0.2) is 0 Å². The molecule has 2 aromatic heterocycles. The van der Waals surface area contributed by atoms with Gasteiger partial charge in [-0.25, -0.2) is 14.8 Å². The van der Waals surface area contributed by atoms with Crippen LogP contribution in [-0.2, 0) is 4.79 Å². The predicted molar refractivity (Wildman–Crippen MR) is 103 cm³/mol. The van der Waals surface area contributed by atoms with Crippen LogP contribution in [0.4, 0.5) is 4.79 Å². The first-order valence-corrected chi connectivity index (χ1v) is 9.71. The number of nitrogens with one attached hydrogen (secondary N) is 2. The Labute approximate surface area is 156 Å². The SMILES string of the molecule is Cc1nc(S[C@H](C)C(=O)NC(=O)NC(C)(C)C)c2c(C)c(C)sc2n1. The van der Waals surface area contributed by atoms with E-state index in [1.807, 2.05) is 34.6 Å². The van der Waals surface area contributed by atoms with Gasteiger partial charge >= 0.3 is 6.03 Å². The Morgan fingerprint density at radius 3 is 2.40 bits per heavy atom. The van der Waals surface area contributed by atoms with E-state index in [1.54, 1.807) is 18.3 Å². The van der Waals surface area contributed by atoms with Crippen LogP contribution < -0.4 is 10.6 Å². The number of hydrogen-bond donors (Lipinski definition) is 2. The number of rotatable bonds is 3. The van der Waals surface area contributed by atoms with Crippen LogP contribution in [0.3, 0.4) is 0 Å². The minimum Gasteiger partial charge on any atom is -0.333 e. The molecule has 0 fully saturated rings. The Morgan fingerprint density at radius 2 is 1.80 bits per heavy atom. The summed E-state index contributed by atoms with van der Waals surface area (Å²) in [5.41, 5.74) is 0.739. The predicted octanol–water partition coefficient (Wildman–Crippen LogP) is 3.72. The Morgan fingerprint density at radius 1 is 1.16 bits per heavy atom. The molecule has 8 heteroatoms. The lowest BCUT2D eigenvalue weighted by molar-refractivity contribution is -0.119. The van der Waals surface area contributed by atoms with E-state index in [-0.39, 0.29) is 5.91 Å². The van der Waals surface area contributed by atoms with Crippen molar-refractivity contribution in [1.82, 2.24) is 20.6 Å². The number of aryl methyl sites for hydroxylation is 3. The number of aromatic nitrogens is 2. The zero-order valence-electron chi connectivity index (χ0n) is 15.6. The largest absolute Gasteiger partial charge is 0.333 e. The van der Waals surface area contributed by atoms with Crippen molar-refractivity contribution >= 4 is 45.3 Å². The van der Waals surface area contributed by atoms with Crippen molar-refractivity contribution in [2.45, 2.75) is 64.3 Å². The molecular formula is C17H24N4O2S2. The van der Waals surface area contributed by atoms with Crippen LogP contribution in [0.1, 0.15) is 44.0 Å². The van der Waals surface area contributed by atoms with Crippen molar-refractivity contribution in [3.63, 3.8) is 0 Å². The molecule has 2 N–H and O–H groups in total. The summed E-state index contributed by atoms with van der Waals surface area (Å²) < 4.78 is 0. The van der Waals surface area contributed by atoms with Crippen LogP contribution in [0.5, 0.6) is 0 Å². The smallest absolute Gasteiger partial charge is 0.321 e. The molecule has 1 atom stereocenters. The van der Waals surface area contributed by atoms with Gasteiger partial charge in [-0.15, -0.1) is 11.3 Å². The van der Waals surface area contributed by atoms with Crippen LogP contribution in [0.25, 0.3) is 10.2 Å². The number of thioether (sulfide) groups is 1. The van der Waals surface area contributed by atoms with Crippen LogP contribution in [-0.4, -0.2) is 32.7 Å². The number of carbonyl (C=O) groups is 2. The summed E-state index contributed by atoms with van der Waals surface area (Å²) >= 11 is 2.98. The molecule has 0 saturated carbocycles. The molecule has 0 radical (unpaired) electrons. The Bertz CT molecular complexity index is 824. The molecular weight excluding hydrogens is 356 g/mol. The normalized spacial score (nSPS) is 12.9. The van der Waals surface area contributed by atoms with Gasteiger partial charge in [0.1, 0.15) is 15.7 Å². The molecule has 2 rings (SSSR count). The number of imide groups is 1. The molecule has 0 aromatic carbocycles. The number of urea groups is 1. The fraction of sp³-hybridized carbons (Fsp3) is 0.529. The molecule has 0 aliphatic carbocycles. The molecule has 6 nitrogen and oxygen atoms in total. The molecule has 0 saturated heterocycles. The average molecular weight is 381 g/mol. The highest BCUT2D eigenvalue weighted by Crippen LogP contribution is 2.36. The van der Waals surface area contributed by atoms with E-state index in [1.165, 1.54) is 16.6 Å². The van der Waals surface area contributed by atoms with Crippen molar-refractivity contribution in [2.75, 3.05) is 0 Å². The van der Waals surface area contributed by atoms with Crippen LogP contribution in [0.2, 0.25) is 0 Å². The highest BCUT2D eigenvalue weighted by atomic mass is 32.2. The van der Waals surface area contributed by atoms with Gasteiger partial charge in [-0.05, 0) is 54.0 Å². The van der Waals surface area contributed by atoms with Crippen molar-refractivity contribution in [1.29, 1.82) is 0 Å². The third-order valence-corrected chi connectivity index (χ3v) is 5.68. The summed E-state index contributed by atoms with van der Waals surface area (Å²) in [5, 5.41) is 6.43. The monoisotopic (exact) mass is 380 g/mol. The first kappa shape index (κ1) is 19.7. The third kappa shape index (κ3) is 4.92. The molecule has 0 aliphatic heterocycles. The second-order valence-corrected chi connectivity index (χ2v) is 9.53. The topological polar surface area (TPSA) is 84.0 Å². The number of amides is 3. The number of nitrogens with zero attached hydrogens (tertiary/aromatic N) is 2. The molecule has 0 bridgehead atoms. The molecule has 136 valence electrons. The van der Waals surface area contributed by atoms with E-state index in [2.05, 4.69) is 27.5 Å². The molecule has 0 spiro atoms. The van der Waals surface area contributed by atoms with Crippen molar-refractivity contribution in [3.8, 4) is 0 Å². The fourth-order valence-corrected chi connectivity index (χ4v) is 4.40. The summed E-state index contributed by atoms with van der Waals surface area (Å²) in [6.07, 6.45) is 0. The summed E-state index contributed by atoms with van der Waals surface area (Å²) in [6, 6.07) is -0.489. The van der Waals surface area contributed by atoms with Gasteiger partial charge in [0.25, 0.3) is 0 Å². The standard InChI is InChI=1S/C17H24N4O2S2/c1-8-9(2)24-14-12(8)15(19-11(4)18-14)25-10(3)13(22)20-16(23)21-17(5,6)7/h10H,1-7H3,(H2,20,21,22,23)/t10-/m1/s1. The van der Waals surface area contributed by atoms with E-state index >= 15 is 0 Å². The highest BCUT2D eigenvalue weighted by Gasteiger charge is 2.23. The van der Waals surface area contributed by atoms with Gasteiger partial charge in [-0.2, -0.15) is 0 Å². The Hall–Kier alpha value is -1.67. The zero-order valence-corrected chi connectivity index (χ0v) is 17.2. The summed E-state index contributed by atoms with van der Waals surface area (Å²) in [7, 11) is 0. The average Bonchev–Trinajstić information content (AvgIpc) is 2.71. The second-order valence-electron chi connectivity index (χ2n) is 6.99. The molecule has 0 aliphatic rings. The first-order valence-electron chi connectivity index (χ1n) is 8.02. The molecule has 25 heavy (non-hydrogen) atoms. The van der Waals surface area contributed by atoms with Gasteiger partial charge < -0.3 is 5.32 Å². The van der Waals surface area contributed by atoms with Crippen molar-refractivity contribution < 1.29 is 9.59 Å². The van der Waals surface area contributed by atoms with Gasteiger partial charge in [0, 0.05) is 15.8 Å². The third-order valence-electron chi connectivity index (χ3n) is 3.49. The highest BCUT2D eigenvalue weighted by molar-refractivity contribution is 8.00. The van der Waals surface area contributed by atoms with Gasteiger partial charge in [0.2, 0.25) is 5.91 Å². The summed E-state index contributed by atoms with van der Waals surface area (Å²) in [5.74, 6) is 0.329. The van der Waals surface area contributed by atoms with Crippen LogP contribution in [0, 0.1) is 20.8 Å². The number of hydrogen-bond acceptors (Lipinski definition) is 6. The summed E-state index contributed by atoms with van der Waals surface area (Å²) in [4.78, 5) is 35.3. The lowest BCUT2D eigenvalue weighted by atomic mass is 10.1. The maximum atomic E-state index is 12.3. The second kappa shape index (κ2) is 7.29. The Balaban J connectivity index is 2.17. The molecule has 2 aromatic rings. The van der Waals surface area contributed by atoms with E-state index in [9.17, 15) is 9.59 Å². The van der Waals surface area contributed by atoms with Gasteiger partial charge in [-0.3, -0.25) is 10.1 Å². The number of fused-ring (bicyclic) bond motifs is 1. The van der Waals surface area contributed by atoms with E-state index in [4.69, 9.17) is 0 Å². The summed E-state index contributed by atoms with van der Waals surface area (Å²) in [6.45, 7) is 13.3. The quantitative estimate of drug-likeness (QED) is 0.626. The van der Waals surface area contributed by atoms with Crippen molar-refractivity contribution in [2.24, 2.45) is 0 Å². The van der Waals surface area contributed by atoms with Crippen LogP contribution >= 0.6 is 23.1 Å². The maximum Gasteiger partial charge on any atom is 0.321 e. The van der Waals surface area contributed by atoms with Crippen molar-refractivity contribution in [3.05, 3.63) is 16.3 Å². The number of carbonyl (C=O) groups excluding carboxylic acids is 2. The van der Waals surface area contributed by atoms with Gasteiger partial charge in [0.05, 0.1) is 5.25 Å². The van der Waals surface area contributed by atoms with E-state index < -0.39 is 16.8 Å². The lowest BCUT2D eigenvalue weighted by Gasteiger charge is -2.21. The molecule has 2 heterocycles. The minimum atomic E-state index is -0.489. The lowest BCUT2D eigenvalue weighted by Crippen LogP contribution is -2.49. The zero-order chi connectivity index (χ0) is 18.9. The number of thiophene rings is 1. The van der Waals surface area contributed by atoms with Gasteiger partial charge in [-0.1, -0.05) is 11.8 Å². The fourth-order valence-electron chi connectivity index (χ4n) is 2.21. The maximum absolute atomic E-state index is 12.3. The van der Waals surface area contributed by atoms with E-state index in [0.29, 0.717) is 5.82 Å². The Kier molecular flexibility index (Phi) is 5.73. The minimum absolute atomic E-state index is 0.347. The van der Waals surface area contributed by atoms with Crippen LogP contribution in [0.15, 0.2) is 5.03 Å². The first-order chi connectivity index (χ1) is 11.5. The van der Waals surface area contributed by atoms with E-state index in [0.717, 1.165) is 20.8 Å². The molecule has 0 unspecified atom stereocenters.